The van der Waals surface area contributed by atoms with Crippen molar-refractivity contribution in [1.82, 2.24) is 0 Å². The number of alkyl halides is 3. The number of hydrogen-bond acceptors (Lipinski definition) is 2. The van der Waals surface area contributed by atoms with Gasteiger partial charge in [-0.25, -0.2) is 0 Å². The second kappa shape index (κ2) is 6.30. The number of hydrogen-bond donors (Lipinski definition) is 1. The highest BCUT2D eigenvalue weighted by atomic mass is 19.4. The van der Waals surface area contributed by atoms with Crippen LogP contribution in [0.3, 0.4) is 0 Å². The number of nitrogens with two attached hydrogens (primary N) is 1. The Kier molecular flexibility index (Phi) is 4.64. The molecule has 0 aliphatic heterocycles. The summed E-state index contributed by atoms with van der Waals surface area (Å²) in [7, 11) is 0. The van der Waals surface area contributed by atoms with Crippen molar-refractivity contribution in [3.63, 3.8) is 0 Å². The molecule has 0 saturated heterocycles. The lowest BCUT2D eigenvalue weighted by molar-refractivity contribution is -0.137. The number of rotatable bonds is 4. The minimum absolute atomic E-state index is 0.109. The van der Waals surface area contributed by atoms with Crippen LogP contribution in [-0.4, -0.2) is 0 Å². The van der Waals surface area contributed by atoms with Crippen molar-refractivity contribution in [2.45, 2.75) is 32.4 Å². The van der Waals surface area contributed by atoms with E-state index in [4.69, 9.17) is 10.5 Å². The first-order valence-electron chi connectivity index (χ1n) is 7.05. The number of halogens is 3. The average molecular weight is 309 g/mol. The number of ether oxygens (including phenoxy) is 1. The Labute approximate surface area is 127 Å². The Morgan fingerprint density at radius 2 is 1.64 bits per heavy atom. The maximum Gasteiger partial charge on any atom is 0.418 e. The summed E-state index contributed by atoms with van der Waals surface area (Å²) in [6.07, 6.45) is -3.48. The first kappa shape index (κ1) is 16.2. The van der Waals surface area contributed by atoms with E-state index < -0.39 is 11.7 Å². The fourth-order valence-electron chi connectivity index (χ4n) is 2.08. The third kappa shape index (κ3) is 3.72. The summed E-state index contributed by atoms with van der Waals surface area (Å²) in [5.41, 5.74) is 5.33. The number of anilines is 1. The van der Waals surface area contributed by atoms with Gasteiger partial charge in [-0.05, 0) is 48.2 Å². The third-order valence-electron chi connectivity index (χ3n) is 3.63. The molecule has 1 atom stereocenters. The van der Waals surface area contributed by atoms with Crippen molar-refractivity contribution in [2.75, 3.05) is 5.73 Å². The molecular formula is C17H18F3NO. The van der Waals surface area contributed by atoms with Crippen LogP contribution in [0.5, 0.6) is 11.5 Å². The van der Waals surface area contributed by atoms with Crippen LogP contribution in [0.25, 0.3) is 0 Å². The fraction of sp³-hybridized carbons (Fsp3) is 0.294. The van der Waals surface area contributed by atoms with E-state index in [-0.39, 0.29) is 11.4 Å². The van der Waals surface area contributed by atoms with Gasteiger partial charge in [0.15, 0.2) is 0 Å². The maximum absolute atomic E-state index is 12.8. The van der Waals surface area contributed by atoms with Crippen LogP contribution >= 0.6 is 0 Å². The molecule has 118 valence electrons. The first-order chi connectivity index (χ1) is 10.3. The molecule has 2 nitrogen and oxygen atoms in total. The molecular weight excluding hydrogens is 291 g/mol. The van der Waals surface area contributed by atoms with Crippen molar-refractivity contribution in [1.29, 1.82) is 0 Å². The Balaban J connectivity index is 2.21. The van der Waals surface area contributed by atoms with Crippen molar-refractivity contribution >= 4 is 5.69 Å². The van der Waals surface area contributed by atoms with Gasteiger partial charge in [-0.15, -0.1) is 0 Å². The minimum Gasteiger partial charge on any atom is -0.457 e. The Morgan fingerprint density at radius 1 is 1.05 bits per heavy atom. The summed E-state index contributed by atoms with van der Waals surface area (Å²) in [5.74, 6) is 1.03. The summed E-state index contributed by atoms with van der Waals surface area (Å²) in [6.45, 7) is 4.22. The van der Waals surface area contributed by atoms with Gasteiger partial charge in [-0.3, -0.25) is 0 Å². The van der Waals surface area contributed by atoms with Gasteiger partial charge in [0, 0.05) is 5.69 Å². The molecule has 0 fully saturated rings. The highest BCUT2D eigenvalue weighted by Crippen LogP contribution is 2.36. The molecule has 2 aromatic carbocycles. The topological polar surface area (TPSA) is 35.2 Å². The van der Waals surface area contributed by atoms with E-state index in [1.807, 2.05) is 12.1 Å². The van der Waals surface area contributed by atoms with E-state index in [9.17, 15) is 13.2 Å². The van der Waals surface area contributed by atoms with Gasteiger partial charge in [-0.1, -0.05) is 26.0 Å². The van der Waals surface area contributed by atoms with Crippen LogP contribution in [-0.2, 0) is 6.18 Å². The van der Waals surface area contributed by atoms with Gasteiger partial charge in [0.1, 0.15) is 11.5 Å². The number of nitrogen functional groups attached to an aromatic ring is 1. The van der Waals surface area contributed by atoms with E-state index in [0.717, 1.165) is 12.5 Å². The second-order valence-corrected chi connectivity index (χ2v) is 5.23. The molecule has 0 bridgehead atoms. The molecule has 0 aliphatic carbocycles. The SMILES string of the molecule is CC[C@@H](C)c1ccc(Oc2ccc(N)c(C(F)(F)F)c2)cc1. The highest BCUT2D eigenvalue weighted by Gasteiger charge is 2.33. The largest absolute Gasteiger partial charge is 0.457 e. The molecule has 0 amide bonds. The van der Waals surface area contributed by atoms with Gasteiger partial charge in [0.25, 0.3) is 0 Å². The van der Waals surface area contributed by atoms with Gasteiger partial charge in [0.05, 0.1) is 5.56 Å². The fourth-order valence-corrected chi connectivity index (χ4v) is 2.08. The average Bonchev–Trinajstić information content (AvgIpc) is 2.48. The molecule has 2 rings (SSSR count). The van der Waals surface area contributed by atoms with Gasteiger partial charge >= 0.3 is 6.18 Å². The Hall–Kier alpha value is -2.17. The Morgan fingerprint density at radius 3 is 2.18 bits per heavy atom. The van der Waals surface area contributed by atoms with E-state index in [1.165, 1.54) is 17.7 Å². The summed E-state index contributed by atoms with van der Waals surface area (Å²) in [4.78, 5) is 0. The smallest absolute Gasteiger partial charge is 0.418 e. The van der Waals surface area contributed by atoms with E-state index in [1.54, 1.807) is 12.1 Å². The van der Waals surface area contributed by atoms with E-state index in [0.29, 0.717) is 11.7 Å². The monoisotopic (exact) mass is 309 g/mol. The molecule has 0 spiro atoms. The standard InChI is InChI=1S/C17H18F3NO/c1-3-11(2)12-4-6-13(7-5-12)22-14-8-9-16(21)15(10-14)17(18,19)20/h4-11H,3,21H2,1-2H3/t11-/m1/s1. The van der Waals surface area contributed by atoms with Crippen molar-refractivity contribution in [3.8, 4) is 11.5 Å². The molecule has 0 aromatic heterocycles. The molecule has 2 N–H and O–H groups in total. The first-order valence-corrected chi connectivity index (χ1v) is 7.05. The molecule has 2 aromatic rings. The second-order valence-electron chi connectivity index (χ2n) is 5.23. The molecule has 0 aliphatic rings. The minimum atomic E-state index is -4.50. The lowest BCUT2D eigenvalue weighted by atomic mass is 9.99. The van der Waals surface area contributed by atoms with Crippen molar-refractivity contribution in [2.24, 2.45) is 0 Å². The molecule has 0 unspecified atom stereocenters. The van der Waals surface area contributed by atoms with Crippen LogP contribution in [0.1, 0.15) is 37.3 Å². The summed E-state index contributed by atoms with van der Waals surface area (Å²) in [5, 5.41) is 0. The predicted octanol–water partition coefficient (Wildman–Crippen LogP) is 5.59. The summed E-state index contributed by atoms with van der Waals surface area (Å²) >= 11 is 0. The van der Waals surface area contributed by atoms with Gasteiger partial charge in [0.2, 0.25) is 0 Å². The zero-order valence-electron chi connectivity index (χ0n) is 12.4. The normalized spacial score (nSPS) is 13.0. The molecule has 0 radical (unpaired) electrons. The number of benzene rings is 2. The van der Waals surface area contributed by atoms with Crippen LogP contribution in [0, 0.1) is 0 Å². The van der Waals surface area contributed by atoms with E-state index in [2.05, 4.69) is 13.8 Å². The van der Waals surface area contributed by atoms with Gasteiger partial charge in [-0.2, -0.15) is 13.2 Å². The highest BCUT2D eigenvalue weighted by molar-refractivity contribution is 5.52. The molecule has 5 heteroatoms. The van der Waals surface area contributed by atoms with Crippen molar-refractivity contribution in [3.05, 3.63) is 53.6 Å². The quantitative estimate of drug-likeness (QED) is 0.747. The van der Waals surface area contributed by atoms with Crippen molar-refractivity contribution < 1.29 is 17.9 Å². The lowest BCUT2D eigenvalue weighted by Gasteiger charge is -2.13. The zero-order chi connectivity index (χ0) is 16.3. The predicted molar refractivity (Wildman–Crippen MR) is 81.1 cm³/mol. The van der Waals surface area contributed by atoms with Gasteiger partial charge < -0.3 is 10.5 Å². The zero-order valence-corrected chi connectivity index (χ0v) is 12.4. The van der Waals surface area contributed by atoms with Crippen LogP contribution in [0.4, 0.5) is 18.9 Å². The third-order valence-corrected chi connectivity index (χ3v) is 3.63. The van der Waals surface area contributed by atoms with Crippen LogP contribution in [0.15, 0.2) is 42.5 Å². The maximum atomic E-state index is 12.8. The summed E-state index contributed by atoms with van der Waals surface area (Å²) < 4.78 is 43.9. The van der Waals surface area contributed by atoms with Crippen LogP contribution < -0.4 is 10.5 Å². The lowest BCUT2D eigenvalue weighted by Crippen LogP contribution is -2.08. The van der Waals surface area contributed by atoms with Crippen LogP contribution in [0.2, 0.25) is 0 Å². The molecule has 22 heavy (non-hydrogen) atoms. The molecule has 0 saturated carbocycles. The molecule has 0 heterocycles. The summed E-state index contributed by atoms with van der Waals surface area (Å²) in [6, 6.07) is 10.9. The van der Waals surface area contributed by atoms with E-state index >= 15 is 0 Å². The Bertz CT molecular complexity index is 635.